The smallest absolute Gasteiger partial charge is 0.308 e. The summed E-state index contributed by atoms with van der Waals surface area (Å²) in [7, 11) is 0. The molecule has 0 saturated heterocycles. The average Bonchev–Trinajstić information content (AvgIpc) is 3.10. The summed E-state index contributed by atoms with van der Waals surface area (Å²) in [6, 6.07) is 18.6. The van der Waals surface area contributed by atoms with Crippen molar-refractivity contribution in [2.45, 2.75) is 13.8 Å². The summed E-state index contributed by atoms with van der Waals surface area (Å²) in [4.78, 5) is 23.4. The van der Waals surface area contributed by atoms with Gasteiger partial charge in [0.05, 0.1) is 5.39 Å². The van der Waals surface area contributed by atoms with Crippen LogP contribution in [0.2, 0.25) is 0 Å². The number of carbonyl (C=O) groups is 2. The van der Waals surface area contributed by atoms with E-state index in [1.807, 2.05) is 48.5 Å². The summed E-state index contributed by atoms with van der Waals surface area (Å²) in [6.45, 7) is 2.68. The number of esters is 2. The van der Waals surface area contributed by atoms with Crippen molar-refractivity contribution < 1.29 is 23.5 Å². The summed E-state index contributed by atoms with van der Waals surface area (Å²) in [5.41, 5.74) is 1.22. The highest BCUT2D eigenvalue weighted by molar-refractivity contribution is 6.11. The molecule has 4 aromatic rings. The number of benzene rings is 3. The van der Waals surface area contributed by atoms with Gasteiger partial charge < -0.3 is 13.9 Å². The minimum Gasteiger partial charge on any atom is -0.452 e. The number of carbonyl (C=O) groups excluding carboxylic acids is 2. The van der Waals surface area contributed by atoms with E-state index in [0.717, 1.165) is 5.56 Å². The number of ether oxygens (including phenoxy) is 2. The molecule has 0 aliphatic carbocycles. The van der Waals surface area contributed by atoms with Crippen LogP contribution in [0.25, 0.3) is 33.1 Å². The molecule has 5 nitrogen and oxygen atoms in total. The van der Waals surface area contributed by atoms with Crippen LogP contribution in [0, 0.1) is 0 Å². The van der Waals surface area contributed by atoms with Crippen LogP contribution >= 0.6 is 0 Å². The number of hydrogen-bond acceptors (Lipinski definition) is 5. The Labute approximate surface area is 155 Å². The van der Waals surface area contributed by atoms with Crippen LogP contribution in [0.3, 0.4) is 0 Å². The first-order valence-corrected chi connectivity index (χ1v) is 8.45. The van der Waals surface area contributed by atoms with Gasteiger partial charge in [0.2, 0.25) is 0 Å². The van der Waals surface area contributed by atoms with Gasteiger partial charge >= 0.3 is 11.9 Å². The zero-order valence-corrected chi connectivity index (χ0v) is 14.8. The molecule has 0 atom stereocenters. The van der Waals surface area contributed by atoms with Gasteiger partial charge in [-0.3, -0.25) is 9.59 Å². The molecule has 0 saturated carbocycles. The third-order valence-corrected chi connectivity index (χ3v) is 4.15. The normalized spacial score (nSPS) is 10.9. The zero-order valence-electron chi connectivity index (χ0n) is 14.8. The molecule has 1 aromatic heterocycles. The molecule has 5 heteroatoms. The van der Waals surface area contributed by atoms with Crippen LogP contribution in [0.4, 0.5) is 0 Å². The Bertz CT molecular complexity index is 1100. The molecule has 3 aromatic carbocycles. The molecule has 0 bridgehead atoms. The third kappa shape index (κ3) is 3.04. The van der Waals surface area contributed by atoms with E-state index in [1.54, 1.807) is 12.1 Å². The molecule has 0 aliphatic heterocycles. The van der Waals surface area contributed by atoms with Crippen molar-refractivity contribution in [3.05, 3.63) is 60.7 Å². The molecule has 0 fully saturated rings. The second kappa shape index (κ2) is 6.61. The standard InChI is InChI=1S/C22H16O5/c1-13(23)25-20-16-10-6-7-11-17(16)21(26-14(2)24)22-18(20)12-19(27-22)15-8-4-3-5-9-15/h3-12H,1-2H3. The van der Waals surface area contributed by atoms with Gasteiger partial charge in [-0.05, 0) is 6.07 Å². The van der Waals surface area contributed by atoms with E-state index in [2.05, 4.69) is 0 Å². The van der Waals surface area contributed by atoms with Crippen molar-refractivity contribution >= 4 is 33.7 Å². The summed E-state index contributed by atoms with van der Waals surface area (Å²) < 4.78 is 17.0. The van der Waals surface area contributed by atoms with Crippen molar-refractivity contribution in [2.24, 2.45) is 0 Å². The van der Waals surface area contributed by atoms with E-state index in [-0.39, 0.29) is 0 Å². The number of rotatable bonds is 3. The number of hydrogen-bond donors (Lipinski definition) is 0. The first-order valence-electron chi connectivity index (χ1n) is 8.45. The van der Waals surface area contributed by atoms with Gasteiger partial charge in [0, 0.05) is 30.2 Å². The quantitative estimate of drug-likeness (QED) is 0.375. The maximum Gasteiger partial charge on any atom is 0.308 e. The number of furan rings is 1. The Morgan fingerprint density at radius 3 is 1.93 bits per heavy atom. The molecule has 0 radical (unpaired) electrons. The van der Waals surface area contributed by atoms with Crippen molar-refractivity contribution in [1.82, 2.24) is 0 Å². The zero-order chi connectivity index (χ0) is 19.0. The summed E-state index contributed by atoms with van der Waals surface area (Å²) in [5.74, 6) is 0.382. The SMILES string of the molecule is CC(=O)Oc1c2ccccc2c(OC(C)=O)c2oc(-c3ccccc3)cc12. The lowest BCUT2D eigenvalue weighted by Crippen LogP contribution is -2.05. The van der Waals surface area contributed by atoms with Crippen molar-refractivity contribution in [2.75, 3.05) is 0 Å². The molecular formula is C22H16O5. The third-order valence-electron chi connectivity index (χ3n) is 4.15. The van der Waals surface area contributed by atoms with Crippen molar-refractivity contribution in [3.63, 3.8) is 0 Å². The van der Waals surface area contributed by atoms with E-state index in [1.165, 1.54) is 13.8 Å². The summed E-state index contributed by atoms with van der Waals surface area (Å²) in [6.07, 6.45) is 0. The Hall–Kier alpha value is -3.60. The lowest BCUT2D eigenvalue weighted by Gasteiger charge is -2.11. The van der Waals surface area contributed by atoms with Gasteiger partial charge in [-0.25, -0.2) is 0 Å². The highest BCUT2D eigenvalue weighted by Crippen LogP contribution is 2.45. The fourth-order valence-corrected chi connectivity index (χ4v) is 3.12. The summed E-state index contributed by atoms with van der Waals surface area (Å²) in [5, 5.41) is 1.86. The Kier molecular flexibility index (Phi) is 4.12. The minimum absolute atomic E-state index is 0.311. The highest BCUT2D eigenvalue weighted by Gasteiger charge is 2.22. The van der Waals surface area contributed by atoms with E-state index in [4.69, 9.17) is 13.9 Å². The van der Waals surface area contributed by atoms with Crippen LogP contribution in [0.5, 0.6) is 11.5 Å². The largest absolute Gasteiger partial charge is 0.452 e. The first-order chi connectivity index (χ1) is 13.0. The van der Waals surface area contributed by atoms with Gasteiger partial charge in [0.25, 0.3) is 0 Å². The van der Waals surface area contributed by atoms with Gasteiger partial charge in [-0.15, -0.1) is 0 Å². The van der Waals surface area contributed by atoms with Crippen LogP contribution in [0.1, 0.15) is 13.8 Å². The minimum atomic E-state index is -0.459. The molecule has 0 spiro atoms. The maximum absolute atomic E-state index is 11.7. The van der Waals surface area contributed by atoms with Crippen molar-refractivity contribution in [1.29, 1.82) is 0 Å². The van der Waals surface area contributed by atoms with Crippen LogP contribution < -0.4 is 9.47 Å². The molecule has 0 N–H and O–H groups in total. The predicted molar refractivity (Wildman–Crippen MR) is 102 cm³/mol. The van der Waals surface area contributed by atoms with Gasteiger partial charge in [-0.2, -0.15) is 0 Å². The Morgan fingerprint density at radius 1 is 0.741 bits per heavy atom. The maximum atomic E-state index is 11.7. The van der Waals surface area contributed by atoms with E-state index in [0.29, 0.717) is 39.0 Å². The number of fused-ring (bicyclic) bond motifs is 2. The van der Waals surface area contributed by atoms with Crippen LogP contribution in [-0.2, 0) is 9.59 Å². The van der Waals surface area contributed by atoms with E-state index in [9.17, 15) is 9.59 Å². The second-order valence-corrected chi connectivity index (χ2v) is 6.11. The Balaban J connectivity index is 2.11. The van der Waals surface area contributed by atoms with E-state index < -0.39 is 11.9 Å². The molecule has 27 heavy (non-hydrogen) atoms. The topological polar surface area (TPSA) is 65.7 Å². The van der Waals surface area contributed by atoms with Gasteiger partial charge in [0.15, 0.2) is 11.3 Å². The lowest BCUT2D eigenvalue weighted by molar-refractivity contribution is -0.132. The molecule has 0 amide bonds. The van der Waals surface area contributed by atoms with Crippen LogP contribution in [-0.4, -0.2) is 11.9 Å². The molecule has 0 aliphatic rings. The summed E-state index contributed by atoms with van der Waals surface area (Å²) >= 11 is 0. The van der Waals surface area contributed by atoms with Crippen LogP contribution in [0.15, 0.2) is 65.1 Å². The van der Waals surface area contributed by atoms with E-state index >= 15 is 0 Å². The van der Waals surface area contributed by atoms with Crippen molar-refractivity contribution in [3.8, 4) is 22.8 Å². The average molecular weight is 360 g/mol. The highest BCUT2D eigenvalue weighted by atomic mass is 16.5. The molecule has 4 rings (SSSR count). The molecule has 1 heterocycles. The fraction of sp³-hybridized carbons (Fsp3) is 0.0909. The molecule has 0 unspecified atom stereocenters. The fourth-order valence-electron chi connectivity index (χ4n) is 3.12. The monoisotopic (exact) mass is 360 g/mol. The van der Waals surface area contributed by atoms with Gasteiger partial charge in [0.1, 0.15) is 11.5 Å². The van der Waals surface area contributed by atoms with Gasteiger partial charge in [-0.1, -0.05) is 54.6 Å². The lowest BCUT2D eigenvalue weighted by atomic mass is 10.0. The first kappa shape index (κ1) is 16.8. The molecule has 134 valence electrons. The molecular weight excluding hydrogens is 344 g/mol. The predicted octanol–water partition coefficient (Wildman–Crippen LogP) is 5.10. The Morgan fingerprint density at radius 2 is 1.30 bits per heavy atom. The second-order valence-electron chi connectivity index (χ2n) is 6.11.